The van der Waals surface area contributed by atoms with Crippen molar-refractivity contribution in [2.24, 2.45) is 5.92 Å². The third kappa shape index (κ3) is 2.47. The molecule has 2 aliphatic rings. The number of anilines is 1. The van der Waals surface area contributed by atoms with Gasteiger partial charge < -0.3 is 15.0 Å². The van der Waals surface area contributed by atoms with Crippen molar-refractivity contribution < 1.29 is 9.90 Å². The van der Waals surface area contributed by atoms with E-state index in [0.29, 0.717) is 24.7 Å². The van der Waals surface area contributed by atoms with Crippen LogP contribution in [0, 0.1) is 5.92 Å². The van der Waals surface area contributed by atoms with Crippen LogP contribution in [0.5, 0.6) is 0 Å². The lowest BCUT2D eigenvalue weighted by molar-refractivity contribution is -0.141. The van der Waals surface area contributed by atoms with Crippen LogP contribution in [0.25, 0.3) is 0 Å². The Morgan fingerprint density at radius 2 is 2.16 bits per heavy atom. The minimum absolute atomic E-state index is 0.0383. The van der Waals surface area contributed by atoms with E-state index in [1.54, 1.807) is 17.0 Å². The third-order valence-corrected chi connectivity index (χ3v) is 3.93. The van der Waals surface area contributed by atoms with Gasteiger partial charge in [0.05, 0.1) is 5.92 Å². The fraction of sp³-hybridized carbons (Fsp3) is 0.615. The van der Waals surface area contributed by atoms with Crippen molar-refractivity contribution in [1.82, 2.24) is 9.55 Å². The molecule has 0 saturated heterocycles. The zero-order valence-corrected chi connectivity index (χ0v) is 10.6. The molecule has 102 valence electrons. The number of hydrogen-bond donors (Lipinski definition) is 2. The monoisotopic (exact) mass is 263 g/mol. The Kier molecular flexibility index (Phi) is 3.00. The van der Waals surface area contributed by atoms with Gasteiger partial charge in [0.1, 0.15) is 0 Å². The van der Waals surface area contributed by atoms with E-state index in [1.165, 1.54) is 0 Å². The molecule has 2 aliphatic carbocycles. The van der Waals surface area contributed by atoms with Gasteiger partial charge in [-0.3, -0.25) is 9.59 Å². The van der Waals surface area contributed by atoms with E-state index in [0.717, 1.165) is 19.3 Å². The number of rotatable bonds is 4. The molecule has 0 bridgehead atoms. The van der Waals surface area contributed by atoms with Crippen molar-refractivity contribution in [2.75, 3.05) is 5.32 Å². The molecule has 0 aromatic carbocycles. The Balaban J connectivity index is 1.72. The smallest absolute Gasteiger partial charge is 0.306 e. The highest BCUT2D eigenvalue weighted by Gasteiger charge is 2.31. The minimum Gasteiger partial charge on any atom is -0.481 e. The lowest BCUT2D eigenvalue weighted by atomic mass is 10.1. The van der Waals surface area contributed by atoms with Crippen LogP contribution in [0.3, 0.4) is 0 Å². The summed E-state index contributed by atoms with van der Waals surface area (Å²) in [5.74, 6) is -0.696. The topological polar surface area (TPSA) is 84.2 Å². The van der Waals surface area contributed by atoms with Crippen molar-refractivity contribution in [3.8, 4) is 0 Å². The molecule has 1 aromatic heterocycles. The second kappa shape index (κ2) is 4.68. The van der Waals surface area contributed by atoms with Gasteiger partial charge >= 0.3 is 5.97 Å². The molecule has 2 unspecified atom stereocenters. The van der Waals surface area contributed by atoms with Crippen LogP contribution in [-0.2, 0) is 4.79 Å². The number of carboxylic acid groups (broad SMARTS) is 1. The summed E-state index contributed by atoms with van der Waals surface area (Å²) < 4.78 is 1.72. The molecule has 19 heavy (non-hydrogen) atoms. The van der Waals surface area contributed by atoms with Crippen molar-refractivity contribution in [3.63, 3.8) is 0 Å². The highest BCUT2D eigenvalue weighted by atomic mass is 16.4. The molecule has 2 N–H and O–H groups in total. The normalized spacial score (nSPS) is 26.3. The molecule has 0 amide bonds. The SMILES string of the molecule is O=C(O)C1CCC(Nc2nccn(C3CC3)c2=O)C1. The number of nitrogens with one attached hydrogen (secondary N) is 1. The summed E-state index contributed by atoms with van der Waals surface area (Å²) in [6.07, 6.45) is 7.45. The highest BCUT2D eigenvalue weighted by Crippen LogP contribution is 2.33. The zero-order chi connectivity index (χ0) is 13.4. The predicted molar refractivity (Wildman–Crippen MR) is 69.2 cm³/mol. The van der Waals surface area contributed by atoms with E-state index in [9.17, 15) is 9.59 Å². The van der Waals surface area contributed by atoms with Crippen LogP contribution in [0.4, 0.5) is 5.82 Å². The van der Waals surface area contributed by atoms with Crippen molar-refractivity contribution in [3.05, 3.63) is 22.7 Å². The van der Waals surface area contributed by atoms with Crippen molar-refractivity contribution >= 4 is 11.8 Å². The first-order valence-electron chi connectivity index (χ1n) is 6.71. The van der Waals surface area contributed by atoms with Crippen molar-refractivity contribution in [2.45, 2.75) is 44.2 Å². The lowest BCUT2D eigenvalue weighted by Crippen LogP contribution is -2.28. The Hall–Kier alpha value is -1.85. The maximum atomic E-state index is 12.2. The maximum absolute atomic E-state index is 12.2. The Morgan fingerprint density at radius 1 is 1.37 bits per heavy atom. The van der Waals surface area contributed by atoms with Gasteiger partial charge in [0.25, 0.3) is 5.56 Å². The number of aliphatic carboxylic acids is 1. The first kappa shape index (κ1) is 12.2. The quantitative estimate of drug-likeness (QED) is 0.854. The molecule has 2 atom stereocenters. The van der Waals surface area contributed by atoms with Gasteiger partial charge in [0.15, 0.2) is 5.82 Å². The number of carboxylic acids is 1. The summed E-state index contributed by atoms with van der Waals surface area (Å²) in [5, 5.41) is 12.1. The average Bonchev–Trinajstić information content (AvgIpc) is 3.11. The number of hydrogen-bond acceptors (Lipinski definition) is 4. The fourth-order valence-corrected chi connectivity index (χ4v) is 2.69. The summed E-state index contributed by atoms with van der Waals surface area (Å²) >= 11 is 0. The van der Waals surface area contributed by atoms with Crippen LogP contribution in [-0.4, -0.2) is 26.7 Å². The zero-order valence-electron chi connectivity index (χ0n) is 10.6. The molecule has 1 heterocycles. The van der Waals surface area contributed by atoms with E-state index < -0.39 is 5.97 Å². The van der Waals surface area contributed by atoms with E-state index in [4.69, 9.17) is 5.11 Å². The van der Waals surface area contributed by atoms with Gasteiger partial charge in [-0.2, -0.15) is 0 Å². The average molecular weight is 263 g/mol. The Bertz CT molecular complexity index is 550. The first-order valence-corrected chi connectivity index (χ1v) is 6.71. The molecule has 6 heteroatoms. The molecular formula is C13H17N3O3. The molecule has 0 aliphatic heterocycles. The van der Waals surface area contributed by atoms with Gasteiger partial charge in [-0.15, -0.1) is 0 Å². The summed E-state index contributed by atoms with van der Waals surface area (Å²) in [5.41, 5.74) is -0.0937. The van der Waals surface area contributed by atoms with E-state index in [2.05, 4.69) is 10.3 Å². The predicted octanol–water partition coefficient (Wildman–Crippen LogP) is 1.24. The standard InChI is InChI=1S/C13H17N3O3/c17-12-11(14-5-6-16(12)10-3-4-10)15-9-2-1-8(7-9)13(18)19/h5-6,8-10H,1-4,7H2,(H,14,15)(H,18,19). The Morgan fingerprint density at radius 3 is 2.79 bits per heavy atom. The largest absolute Gasteiger partial charge is 0.481 e. The summed E-state index contributed by atoms with van der Waals surface area (Å²) in [6.45, 7) is 0. The summed E-state index contributed by atoms with van der Waals surface area (Å²) in [6, 6.07) is 0.364. The molecule has 1 aromatic rings. The van der Waals surface area contributed by atoms with Crippen LogP contribution >= 0.6 is 0 Å². The third-order valence-electron chi connectivity index (χ3n) is 3.93. The second-order valence-electron chi connectivity index (χ2n) is 5.41. The molecule has 3 rings (SSSR count). The van der Waals surface area contributed by atoms with E-state index in [1.807, 2.05) is 0 Å². The molecule has 0 radical (unpaired) electrons. The number of nitrogens with zero attached hydrogens (tertiary/aromatic N) is 2. The van der Waals surface area contributed by atoms with Crippen LogP contribution in [0.15, 0.2) is 17.2 Å². The second-order valence-corrected chi connectivity index (χ2v) is 5.41. The molecule has 2 saturated carbocycles. The summed E-state index contributed by atoms with van der Waals surface area (Å²) in [7, 11) is 0. The van der Waals surface area contributed by atoms with Gasteiger partial charge in [-0.1, -0.05) is 0 Å². The Labute approximate surface area is 110 Å². The molecular weight excluding hydrogens is 246 g/mol. The van der Waals surface area contributed by atoms with Gasteiger partial charge in [-0.25, -0.2) is 4.98 Å². The maximum Gasteiger partial charge on any atom is 0.306 e. The van der Waals surface area contributed by atoms with Crippen LogP contribution in [0.2, 0.25) is 0 Å². The van der Waals surface area contributed by atoms with E-state index >= 15 is 0 Å². The van der Waals surface area contributed by atoms with Crippen LogP contribution in [0.1, 0.15) is 38.1 Å². The first-order chi connectivity index (χ1) is 9.15. The fourth-order valence-electron chi connectivity index (χ4n) is 2.69. The summed E-state index contributed by atoms with van der Waals surface area (Å²) in [4.78, 5) is 27.2. The molecule has 0 spiro atoms. The number of aromatic nitrogens is 2. The highest BCUT2D eigenvalue weighted by molar-refractivity contribution is 5.70. The van der Waals surface area contributed by atoms with Gasteiger partial charge in [-0.05, 0) is 32.1 Å². The lowest BCUT2D eigenvalue weighted by Gasteiger charge is -2.13. The van der Waals surface area contributed by atoms with Gasteiger partial charge in [0, 0.05) is 24.5 Å². The minimum atomic E-state index is -0.749. The van der Waals surface area contributed by atoms with Crippen molar-refractivity contribution in [1.29, 1.82) is 0 Å². The van der Waals surface area contributed by atoms with Crippen LogP contribution < -0.4 is 10.9 Å². The molecule has 2 fully saturated rings. The molecule has 6 nitrogen and oxygen atoms in total. The van der Waals surface area contributed by atoms with E-state index in [-0.39, 0.29) is 17.5 Å². The number of carbonyl (C=O) groups is 1. The van der Waals surface area contributed by atoms with Gasteiger partial charge in [0.2, 0.25) is 0 Å².